The highest BCUT2D eigenvalue weighted by Gasteiger charge is 2.33. The van der Waals surface area contributed by atoms with Crippen molar-refractivity contribution in [3.05, 3.63) is 28.8 Å². The lowest BCUT2D eigenvalue weighted by Crippen LogP contribution is -2.34. The summed E-state index contributed by atoms with van der Waals surface area (Å²) in [4.78, 5) is 22.0. The first-order valence-corrected chi connectivity index (χ1v) is 6.13. The number of aliphatic carboxylic acids is 1. The molecule has 9 heteroatoms. The zero-order valence-corrected chi connectivity index (χ0v) is 11.5. The summed E-state index contributed by atoms with van der Waals surface area (Å²) in [5.41, 5.74) is -1.17. The molecule has 0 radical (unpaired) electrons. The van der Waals surface area contributed by atoms with E-state index in [1.807, 2.05) is 0 Å². The summed E-state index contributed by atoms with van der Waals surface area (Å²) in [7, 11) is 0. The van der Waals surface area contributed by atoms with Gasteiger partial charge in [-0.25, -0.2) is 4.79 Å². The number of alkyl halides is 3. The van der Waals surface area contributed by atoms with Crippen molar-refractivity contribution in [1.29, 1.82) is 0 Å². The summed E-state index contributed by atoms with van der Waals surface area (Å²) in [6.07, 6.45) is -4.64. The fourth-order valence-electron chi connectivity index (χ4n) is 1.33. The van der Waals surface area contributed by atoms with Gasteiger partial charge in [-0.3, -0.25) is 4.79 Å². The van der Waals surface area contributed by atoms with E-state index in [0.29, 0.717) is 6.07 Å². The van der Waals surface area contributed by atoms with Crippen molar-refractivity contribution in [3.63, 3.8) is 0 Å². The third-order valence-corrected chi connectivity index (χ3v) is 2.85. The molecule has 116 valence electrons. The van der Waals surface area contributed by atoms with Gasteiger partial charge in [-0.1, -0.05) is 18.5 Å². The first kappa shape index (κ1) is 17.1. The van der Waals surface area contributed by atoms with Crippen LogP contribution in [0.1, 0.15) is 12.5 Å². The van der Waals surface area contributed by atoms with E-state index in [1.165, 1.54) is 13.0 Å². The zero-order chi connectivity index (χ0) is 16.2. The van der Waals surface area contributed by atoms with Crippen LogP contribution in [0.3, 0.4) is 0 Å². The highest BCUT2D eigenvalue weighted by Crippen LogP contribution is 2.36. The van der Waals surface area contributed by atoms with Crippen LogP contribution in [0.25, 0.3) is 0 Å². The summed E-state index contributed by atoms with van der Waals surface area (Å²) in [6, 6.07) is 2.11. The second-order valence-electron chi connectivity index (χ2n) is 4.27. The van der Waals surface area contributed by atoms with Gasteiger partial charge < -0.3 is 15.7 Å². The van der Waals surface area contributed by atoms with E-state index >= 15 is 0 Å². The topological polar surface area (TPSA) is 78.4 Å². The third kappa shape index (κ3) is 5.14. The second kappa shape index (κ2) is 6.66. The number of carbonyl (C=O) groups is 2. The van der Waals surface area contributed by atoms with Crippen LogP contribution in [-0.4, -0.2) is 23.7 Å². The molecule has 0 fully saturated rings. The van der Waals surface area contributed by atoms with Crippen LogP contribution >= 0.6 is 11.6 Å². The van der Waals surface area contributed by atoms with Crippen LogP contribution in [0.5, 0.6) is 0 Å². The molecule has 1 aromatic carbocycles. The molecule has 0 aliphatic rings. The molecule has 1 unspecified atom stereocenters. The molecule has 21 heavy (non-hydrogen) atoms. The van der Waals surface area contributed by atoms with Gasteiger partial charge in [-0.2, -0.15) is 13.2 Å². The molecule has 0 saturated carbocycles. The fraction of sp³-hybridized carbons (Fsp3) is 0.333. The average Bonchev–Trinajstić information content (AvgIpc) is 2.36. The molecular weight excluding hydrogens is 313 g/mol. The van der Waals surface area contributed by atoms with Crippen LogP contribution in [0.15, 0.2) is 18.2 Å². The summed E-state index contributed by atoms with van der Waals surface area (Å²) >= 11 is 5.44. The first-order chi connectivity index (χ1) is 9.61. The largest absolute Gasteiger partial charge is 0.481 e. The van der Waals surface area contributed by atoms with Crippen molar-refractivity contribution >= 4 is 29.3 Å². The zero-order valence-electron chi connectivity index (χ0n) is 10.8. The number of benzene rings is 1. The number of carbonyl (C=O) groups excluding carboxylic acids is 1. The number of hydrogen-bond acceptors (Lipinski definition) is 2. The van der Waals surface area contributed by atoms with E-state index in [9.17, 15) is 22.8 Å². The molecular formula is C12H12ClF3N2O3. The lowest BCUT2D eigenvalue weighted by molar-refractivity contribution is -0.141. The Morgan fingerprint density at radius 1 is 1.38 bits per heavy atom. The van der Waals surface area contributed by atoms with Gasteiger partial charge in [-0.15, -0.1) is 0 Å². The fourth-order valence-corrected chi connectivity index (χ4v) is 1.55. The summed E-state index contributed by atoms with van der Waals surface area (Å²) in [5.74, 6) is -1.91. The third-order valence-electron chi connectivity index (χ3n) is 2.52. The normalized spacial score (nSPS) is 12.6. The minimum Gasteiger partial charge on any atom is -0.481 e. The van der Waals surface area contributed by atoms with Gasteiger partial charge in [0.1, 0.15) is 0 Å². The molecule has 0 heterocycles. The van der Waals surface area contributed by atoms with E-state index in [2.05, 4.69) is 10.6 Å². The van der Waals surface area contributed by atoms with E-state index in [-0.39, 0.29) is 12.2 Å². The van der Waals surface area contributed by atoms with Crippen molar-refractivity contribution in [3.8, 4) is 0 Å². The minimum atomic E-state index is -4.64. The molecule has 1 aromatic rings. The molecule has 1 rings (SSSR count). The molecule has 0 saturated heterocycles. The molecule has 3 N–H and O–H groups in total. The number of carboxylic acids is 1. The van der Waals surface area contributed by atoms with Crippen molar-refractivity contribution in [2.75, 3.05) is 11.9 Å². The number of amides is 2. The van der Waals surface area contributed by atoms with Gasteiger partial charge in [0.2, 0.25) is 0 Å². The smallest absolute Gasteiger partial charge is 0.417 e. The number of rotatable bonds is 4. The lowest BCUT2D eigenvalue weighted by atomic mass is 10.2. The highest BCUT2D eigenvalue weighted by molar-refractivity contribution is 6.31. The van der Waals surface area contributed by atoms with Crippen molar-refractivity contribution in [2.24, 2.45) is 5.92 Å². The number of hydrogen-bond donors (Lipinski definition) is 3. The van der Waals surface area contributed by atoms with E-state index in [1.54, 1.807) is 0 Å². The summed E-state index contributed by atoms with van der Waals surface area (Å²) in [5, 5.41) is 12.6. The lowest BCUT2D eigenvalue weighted by Gasteiger charge is -2.13. The van der Waals surface area contributed by atoms with Crippen LogP contribution in [0.2, 0.25) is 5.02 Å². The molecule has 0 bridgehead atoms. The van der Waals surface area contributed by atoms with Crippen molar-refractivity contribution < 1.29 is 27.9 Å². The number of nitrogens with one attached hydrogen (secondary N) is 2. The predicted molar refractivity (Wildman–Crippen MR) is 70.3 cm³/mol. The standard InChI is InChI=1S/C12H12ClF3N2O3/c1-6(10(19)20)5-17-11(21)18-7-2-3-9(13)8(4-7)12(14,15)16/h2-4,6H,5H2,1H3,(H,19,20)(H2,17,18,21). The predicted octanol–water partition coefficient (Wildman–Crippen LogP) is 3.20. The van der Waals surface area contributed by atoms with E-state index in [4.69, 9.17) is 16.7 Å². The van der Waals surface area contributed by atoms with Gasteiger partial charge in [0.05, 0.1) is 16.5 Å². The minimum absolute atomic E-state index is 0.104. The Balaban J connectivity index is 2.71. The Morgan fingerprint density at radius 2 is 2.00 bits per heavy atom. The SMILES string of the molecule is CC(CNC(=O)Nc1ccc(Cl)c(C(F)(F)F)c1)C(=O)O. The van der Waals surface area contributed by atoms with Crippen LogP contribution < -0.4 is 10.6 Å². The maximum absolute atomic E-state index is 12.6. The number of halogens is 4. The first-order valence-electron chi connectivity index (χ1n) is 5.75. The molecule has 2 amide bonds. The second-order valence-corrected chi connectivity index (χ2v) is 4.67. The van der Waals surface area contributed by atoms with Gasteiger partial charge in [-0.05, 0) is 18.2 Å². The summed E-state index contributed by atoms with van der Waals surface area (Å²) < 4.78 is 37.9. The molecule has 0 spiro atoms. The maximum atomic E-state index is 12.6. The Hall–Kier alpha value is -1.96. The maximum Gasteiger partial charge on any atom is 0.417 e. The van der Waals surface area contributed by atoms with Gasteiger partial charge in [0, 0.05) is 12.2 Å². The van der Waals surface area contributed by atoms with Crippen LogP contribution in [0.4, 0.5) is 23.7 Å². The summed E-state index contributed by atoms with van der Waals surface area (Å²) in [6.45, 7) is 1.23. The quantitative estimate of drug-likeness (QED) is 0.795. The van der Waals surface area contributed by atoms with Gasteiger partial charge in [0.25, 0.3) is 0 Å². The van der Waals surface area contributed by atoms with Crippen molar-refractivity contribution in [2.45, 2.75) is 13.1 Å². The Labute approximate surface area is 123 Å². The molecule has 0 aliphatic carbocycles. The molecule has 0 aromatic heterocycles. The Morgan fingerprint density at radius 3 is 2.52 bits per heavy atom. The van der Waals surface area contributed by atoms with Gasteiger partial charge in [0.15, 0.2) is 0 Å². The van der Waals surface area contributed by atoms with Crippen molar-refractivity contribution in [1.82, 2.24) is 5.32 Å². The van der Waals surface area contributed by atoms with Gasteiger partial charge >= 0.3 is 18.2 Å². The Bertz CT molecular complexity index is 549. The van der Waals surface area contributed by atoms with E-state index in [0.717, 1.165) is 6.07 Å². The number of anilines is 1. The Kier molecular flexibility index (Phi) is 5.42. The average molecular weight is 325 g/mol. The number of carboxylic acid groups (broad SMARTS) is 1. The molecule has 1 atom stereocenters. The molecule has 5 nitrogen and oxygen atoms in total. The van der Waals surface area contributed by atoms with Crippen LogP contribution in [0, 0.1) is 5.92 Å². The highest BCUT2D eigenvalue weighted by atomic mass is 35.5. The number of urea groups is 1. The van der Waals surface area contributed by atoms with E-state index < -0.39 is 34.7 Å². The monoisotopic (exact) mass is 324 g/mol. The molecule has 0 aliphatic heterocycles. The van der Waals surface area contributed by atoms with Crippen LogP contribution in [-0.2, 0) is 11.0 Å².